The minimum atomic E-state index is -0.138. The number of fused-ring (bicyclic) bond motifs is 1. The van der Waals surface area contributed by atoms with Crippen molar-refractivity contribution in [3.8, 4) is 5.88 Å². The molecule has 0 fully saturated rings. The van der Waals surface area contributed by atoms with Gasteiger partial charge in [0.15, 0.2) is 0 Å². The smallest absolute Gasteiger partial charge is 0.251 e. The molecule has 168 valence electrons. The highest BCUT2D eigenvalue weighted by atomic mass is 16.5. The van der Waals surface area contributed by atoms with Crippen LogP contribution in [0.2, 0.25) is 0 Å². The van der Waals surface area contributed by atoms with E-state index >= 15 is 0 Å². The SMILES string of the molecule is O=C(NCc1ccnc(OCc2ccccc2)c1)c1ccc(Cn2nnc3ccccc32)cc1. The van der Waals surface area contributed by atoms with E-state index in [0.29, 0.717) is 31.1 Å². The lowest BCUT2D eigenvalue weighted by Gasteiger charge is -2.09. The van der Waals surface area contributed by atoms with Crippen molar-refractivity contribution in [2.75, 3.05) is 0 Å². The highest BCUT2D eigenvalue weighted by Gasteiger charge is 2.08. The van der Waals surface area contributed by atoms with Crippen LogP contribution in [0, 0.1) is 0 Å². The van der Waals surface area contributed by atoms with Crippen LogP contribution in [0.1, 0.15) is 27.0 Å². The van der Waals surface area contributed by atoms with Crippen molar-refractivity contribution in [1.82, 2.24) is 25.3 Å². The third-order valence-electron chi connectivity index (χ3n) is 5.45. The molecule has 0 atom stereocenters. The molecule has 1 N–H and O–H groups in total. The number of para-hydroxylation sites is 1. The summed E-state index contributed by atoms with van der Waals surface area (Å²) in [6.45, 7) is 1.42. The molecule has 34 heavy (non-hydrogen) atoms. The van der Waals surface area contributed by atoms with Crippen molar-refractivity contribution in [3.05, 3.63) is 119 Å². The maximum atomic E-state index is 12.6. The van der Waals surface area contributed by atoms with Crippen LogP contribution in [0.25, 0.3) is 11.0 Å². The van der Waals surface area contributed by atoms with Crippen LogP contribution >= 0.6 is 0 Å². The summed E-state index contributed by atoms with van der Waals surface area (Å²) in [5.41, 5.74) is 5.48. The summed E-state index contributed by atoms with van der Waals surface area (Å²) in [5, 5.41) is 11.4. The van der Waals surface area contributed by atoms with E-state index in [1.807, 2.05) is 95.7 Å². The van der Waals surface area contributed by atoms with E-state index in [1.165, 1.54) is 0 Å². The van der Waals surface area contributed by atoms with Gasteiger partial charge in [-0.05, 0) is 47.0 Å². The fraction of sp³-hybridized carbons (Fsp3) is 0.111. The molecule has 0 unspecified atom stereocenters. The molecule has 0 saturated carbocycles. The Labute approximate surface area is 197 Å². The molecule has 3 aromatic carbocycles. The summed E-state index contributed by atoms with van der Waals surface area (Å²) in [5.74, 6) is 0.391. The van der Waals surface area contributed by atoms with Gasteiger partial charge in [-0.1, -0.05) is 59.8 Å². The third kappa shape index (κ3) is 5.10. The van der Waals surface area contributed by atoms with Gasteiger partial charge in [0.25, 0.3) is 5.91 Å². The second-order valence-corrected chi connectivity index (χ2v) is 7.89. The number of hydrogen-bond donors (Lipinski definition) is 1. The molecule has 1 amide bonds. The van der Waals surface area contributed by atoms with Crippen molar-refractivity contribution < 1.29 is 9.53 Å². The number of hydrogen-bond acceptors (Lipinski definition) is 5. The van der Waals surface area contributed by atoms with Crippen LogP contribution in [0.5, 0.6) is 5.88 Å². The lowest BCUT2D eigenvalue weighted by Crippen LogP contribution is -2.22. The zero-order chi connectivity index (χ0) is 23.2. The van der Waals surface area contributed by atoms with E-state index < -0.39 is 0 Å². The Morgan fingerprint density at radius 2 is 1.65 bits per heavy atom. The number of nitrogens with one attached hydrogen (secondary N) is 1. The summed E-state index contributed by atoms with van der Waals surface area (Å²) in [6.07, 6.45) is 1.68. The van der Waals surface area contributed by atoms with Gasteiger partial charge in [0.05, 0.1) is 12.1 Å². The molecule has 5 aromatic rings. The van der Waals surface area contributed by atoms with Gasteiger partial charge >= 0.3 is 0 Å². The van der Waals surface area contributed by atoms with E-state index in [0.717, 1.165) is 27.7 Å². The van der Waals surface area contributed by atoms with Crippen molar-refractivity contribution >= 4 is 16.9 Å². The van der Waals surface area contributed by atoms with Crippen LogP contribution in [0.4, 0.5) is 0 Å². The largest absolute Gasteiger partial charge is 0.473 e. The Hall–Kier alpha value is -4.52. The van der Waals surface area contributed by atoms with Gasteiger partial charge in [0, 0.05) is 24.4 Å². The summed E-state index contributed by atoms with van der Waals surface area (Å²) in [7, 11) is 0. The molecule has 0 radical (unpaired) electrons. The number of ether oxygens (including phenoxy) is 1. The van der Waals surface area contributed by atoms with Gasteiger partial charge < -0.3 is 10.1 Å². The van der Waals surface area contributed by atoms with Crippen molar-refractivity contribution in [2.45, 2.75) is 19.7 Å². The second-order valence-electron chi connectivity index (χ2n) is 7.89. The zero-order valence-electron chi connectivity index (χ0n) is 18.5. The van der Waals surface area contributed by atoms with Crippen LogP contribution in [-0.4, -0.2) is 25.9 Å². The monoisotopic (exact) mass is 449 g/mol. The third-order valence-corrected chi connectivity index (χ3v) is 5.45. The standard InChI is InChI=1S/C27H23N5O2/c33-27(29-17-22-14-15-28-26(16-22)34-19-21-6-2-1-3-7-21)23-12-10-20(11-13-23)18-32-25-9-5-4-8-24(25)30-31-32/h1-16H,17-19H2,(H,29,33). The van der Waals surface area contributed by atoms with Gasteiger partial charge in [-0.3, -0.25) is 4.79 Å². The van der Waals surface area contributed by atoms with E-state index in [9.17, 15) is 4.79 Å². The summed E-state index contributed by atoms with van der Waals surface area (Å²) < 4.78 is 7.62. The molecular formula is C27H23N5O2. The quantitative estimate of drug-likeness (QED) is 0.380. The Bertz CT molecular complexity index is 1400. The summed E-state index contributed by atoms with van der Waals surface area (Å²) >= 11 is 0. The van der Waals surface area contributed by atoms with Gasteiger partial charge in [-0.15, -0.1) is 5.10 Å². The van der Waals surface area contributed by atoms with Crippen LogP contribution in [0.15, 0.2) is 97.2 Å². The first-order valence-corrected chi connectivity index (χ1v) is 11.0. The van der Waals surface area contributed by atoms with Gasteiger partial charge in [0.1, 0.15) is 12.1 Å². The molecule has 0 aliphatic carbocycles. The average Bonchev–Trinajstić information content (AvgIpc) is 3.30. The van der Waals surface area contributed by atoms with Gasteiger partial charge in [-0.25, -0.2) is 9.67 Å². The first kappa shape index (κ1) is 21.3. The van der Waals surface area contributed by atoms with Crippen LogP contribution < -0.4 is 10.1 Å². The Kier molecular flexibility index (Phi) is 6.25. The highest BCUT2D eigenvalue weighted by Crippen LogP contribution is 2.14. The number of amides is 1. The fourth-order valence-electron chi connectivity index (χ4n) is 3.62. The number of nitrogens with zero attached hydrogens (tertiary/aromatic N) is 4. The number of pyridine rings is 1. The molecular weight excluding hydrogens is 426 g/mol. The minimum Gasteiger partial charge on any atom is -0.473 e. The number of benzene rings is 3. The lowest BCUT2D eigenvalue weighted by molar-refractivity contribution is 0.0951. The maximum Gasteiger partial charge on any atom is 0.251 e. The molecule has 5 rings (SSSR count). The first-order valence-electron chi connectivity index (χ1n) is 11.0. The molecule has 7 heteroatoms. The van der Waals surface area contributed by atoms with Gasteiger partial charge in [0.2, 0.25) is 5.88 Å². The molecule has 2 heterocycles. The highest BCUT2D eigenvalue weighted by molar-refractivity contribution is 5.94. The number of aromatic nitrogens is 4. The maximum absolute atomic E-state index is 12.6. The average molecular weight is 450 g/mol. The number of carbonyl (C=O) groups excluding carboxylic acids is 1. The molecule has 0 aliphatic rings. The molecule has 0 saturated heterocycles. The van der Waals surface area contributed by atoms with Gasteiger partial charge in [-0.2, -0.15) is 0 Å². The molecule has 7 nitrogen and oxygen atoms in total. The van der Waals surface area contributed by atoms with E-state index in [-0.39, 0.29) is 5.91 Å². The fourth-order valence-corrected chi connectivity index (χ4v) is 3.62. The first-order chi connectivity index (χ1) is 16.7. The van der Waals surface area contributed by atoms with Crippen LogP contribution in [0.3, 0.4) is 0 Å². The Morgan fingerprint density at radius 3 is 2.50 bits per heavy atom. The summed E-state index contributed by atoms with van der Waals surface area (Å²) in [4.78, 5) is 16.9. The number of rotatable bonds is 8. The molecule has 0 bridgehead atoms. The predicted molar refractivity (Wildman–Crippen MR) is 129 cm³/mol. The van der Waals surface area contributed by atoms with E-state index in [2.05, 4.69) is 20.6 Å². The van der Waals surface area contributed by atoms with Crippen molar-refractivity contribution in [1.29, 1.82) is 0 Å². The number of carbonyl (C=O) groups is 1. The Balaban J connectivity index is 1.16. The molecule has 0 spiro atoms. The second kappa shape index (κ2) is 9.95. The lowest BCUT2D eigenvalue weighted by atomic mass is 10.1. The van der Waals surface area contributed by atoms with E-state index in [4.69, 9.17) is 4.74 Å². The zero-order valence-corrected chi connectivity index (χ0v) is 18.5. The topological polar surface area (TPSA) is 81.9 Å². The van der Waals surface area contributed by atoms with Crippen molar-refractivity contribution in [3.63, 3.8) is 0 Å². The Morgan fingerprint density at radius 1 is 0.853 bits per heavy atom. The minimum absolute atomic E-state index is 0.138. The summed E-state index contributed by atoms with van der Waals surface area (Å²) in [6, 6.07) is 29.0. The normalized spacial score (nSPS) is 10.8. The predicted octanol–water partition coefficient (Wildman–Crippen LogP) is 4.38. The molecule has 0 aliphatic heterocycles. The molecule has 2 aromatic heterocycles. The van der Waals surface area contributed by atoms with Crippen LogP contribution in [-0.2, 0) is 19.7 Å². The van der Waals surface area contributed by atoms with E-state index in [1.54, 1.807) is 6.20 Å². The van der Waals surface area contributed by atoms with Crippen molar-refractivity contribution in [2.24, 2.45) is 0 Å².